The van der Waals surface area contributed by atoms with Gasteiger partial charge in [0.1, 0.15) is 11.9 Å². The van der Waals surface area contributed by atoms with Gasteiger partial charge in [-0.1, -0.05) is 18.9 Å². The van der Waals surface area contributed by atoms with Gasteiger partial charge in [0.2, 0.25) is 5.91 Å². The van der Waals surface area contributed by atoms with Gasteiger partial charge in [-0.2, -0.15) is 0 Å². The fourth-order valence-corrected chi connectivity index (χ4v) is 5.97. The van der Waals surface area contributed by atoms with Crippen LogP contribution in [0.15, 0.2) is 36.4 Å². The van der Waals surface area contributed by atoms with Crippen LogP contribution >= 0.6 is 0 Å². The van der Waals surface area contributed by atoms with Gasteiger partial charge in [0.05, 0.1) is 24.9 Å². The summed E-state index contributed by atoms with van der Waals surface area (Å²) in [6.45, 7) is 1.66. The number of aromatic carboxylic acids is 1. The van der Waals surface area contributed by atoms with Gasteiger partial charge in [-0.05, 0) is 68.4 Å². The Labute approximate surface area is 216 Å². The minimum atomic E-state index is -1.00. The predicted octanol–water partition coefficient (Wildman–Crippen LogP) is 4.91. The highest BCUT2D eigenvalue weighted by atomic mass is 19.1. The second kappa shape index (κ2) is 10.2. The van der Waals surface area contributed by atoms with Crippen molar-refractivity contribution in [2.24, 2.45) is 0 Å². The topological polar surface area (TPSA) is 75.0 Å². The fourth-order valence-electron chi connectivity index (χ4n) is 5.97. The molecular formula is C29H34FN3O4. The van der Waals surface area contributed by atoms with Crippen LogP contribution < -0.4 is 4.74 Å². The van der Waals surface area contributed by atoms with Gasteiger partial charge < -0.3 is 24.2 Å². The molecule has 1 amide bonds. The number of rotatable bonds is 5. The summed E-state index contributed by atoms with van der Waals surface area (Å²) >= 11 is 0. The van der Waals surface area contributed by atoms with E-state index >= 15 is 4.39 Å². The molecular weight excluding hydrogens is 473 g/mol. The number of hydrogen-bond acceptors (Lipinski definition) is 4. The Bertz CT molecular complexity index is 1350. The lowest BCUT2D eigenvalue weighted by Gasteiger charge is -2.31. The van der Waals surface area contributed by atoms with E-state index in [9.17, 15) is 14.7 Å². The minimum absolute atomic E-state index is 0.0150. The molecule has 7 nitrogen and oxygen atoms in total. The van der Waals surface area contributed by atoms with E-state index < -0.39 is 12.1 Å². The molecule has 1 saturated carbocycles. The molecule has 2 atom stereocenters. The molecule has 8 heteroatoms. The molecule has 1 aliphatic heterocycles. The first-order chi connectivity index (χ1) is 17.8. The number of carboxylic acids is 1. The van der Waals surface area contributed by atoms with Crippen LogP contribution in [0.25, 0.3) is 22.2 Å². The number of aromatic nitrogens is 1. The molecule has 2 heterocycles. The highest BCUT2D eigenvalue weighted by molar-refractivity contribution is 5.98. The molecule has 0 spiro atoms. The molecule has 37 heavy (non-hydrogen) atoms. The molecule has 1 aromatic heterocycles. The number of benzene rings is 2. The Morgan fingerprint density at radius 1 is 1.11 bits per heavy atom. The van der Waals surface area contributed by atoms with Gasteiger partial charge in [-0.15, -0.1) is 0 Å². The number of carbonyl (C=O) groups excluding carboxylic acids is 1. The number of ether oxygens (including phenoxy) is 1. The summed E-state index contributed by atoms with van der Waals surface area (Å²) in [6, 6.07) is 11.0. The monoisotopic (exact) mass is 507 g/mol. The molecule has 2 aromatic carbocycles. The number of nitrogens with zero attached hydrogens (tertiary/aromatic N) is 3. The average Bonchev–Trinajstić information content (AvgIpc) is 3.17. The summed E-state index contributed by atoms with van der Waals surface area (Å²) in [5, 5.41) is 10.6. The third-order valence-electron chi connectivity index (χ3n) is 7.73. The molecule has 196 valence electrons. The molecule has 2 aliphatic rings. The zero-order valence-electron chi connectivity index (χ0n) is 21.7. The molecule has 1 aliphatic carbocycles. The zero-order chi connectivity index (χ0) is 26.3. The van der Waals surface area contributed by atoms with Crippen LogP contribution in [-0.4, -0.2) is 71.8 Å². The first-order valence-electron chi connectivity index (χ1n) is 12.9. The lowest BCUT2D eigenvalue weighted by molar-refractivity contribution is -0.132. The van der Waals surface area contributed by atoms with Crippen LogP contribution in [0.4, 0.5) is 4.39 Å². The summed E-state index contributed by atoms with van der Waals surface area (Å²) in [4.78, 5) is 28.7. The highest BCUT2D eigenvalue weighted by Gasteiger charge is 2.34. The van der Waals surface area contributed by atoms with E-state index in [2.05, 4.69) is 4.57 Å². The first-order valence-corrected chi connectivity index (χ1v) is 12.9. The number of carboxylic acid groups (broad SMARTS) is 1. The van der Waals surface area contributed by atoms with E-state index in [1.54, 1.807) is 19.2 Å². The van der Waals surface area contributed by atoms with E-state index in [0.717, 1.165) is 52.5 Å². The molecule has 5 rings (SSSR count). The lowest BCUT2D eigenvalue weighted by Crippen LogP contribution is -2.40. The normalized spacial score (nSPS) is 19.8. The van der Waals surface area contributed by atoms with Gasteiger partial charge in [-0.3, -0.25) is 4.79 Å². The van der Waals surface area contributed by atoms with Crippen molar-refractivity contribution >= 4 is 22.8 Å². The number of likely N-dealkylation sites (N-methyl/N-ethyl adjacent to an activating group) is 1. The van der Waals surface area contributed by atoms with Crippen molar-refractivity contribution in [3.05, 3.63) is 53.1 Å². The van der Waals surface area contributed by atoms with Gasteiger partial charge in [0, 0.05) is 42.0 Å². The van der Waals surface area contributed by atoms with Crippen molar-refractivity contribution in [1.29, 1.82) is 0 Å². The van der Waals surface area contributed by atoms with E-state index in [1.807, 2.05) is 48.2 Å². The van der Waals surface area contributed by atoms with Crippen molar-refractivity contribution in [1.82, 2.24) is 14.4 Å². The second-order valence-corrected chi connectivity index (χ2v) is 10.4. The summed E-state index contributed by atoms with van der Waals surface area (Å²) in [7, 11) is 5.35. The van der Waals surface area contributed by atoms with Gasteiger partial charge in [-0.25, -0.2) is 9.18 Å². The van der Waals surface area contributed by atoms with E-state index in [-0.39, 0.29) is 17.4 Å². The third kappa shape index (κ3) is 4.70. The Hall–Kier alpha value is -3.39. The standard InChI is InChI=1S/C29H34FN3O4/c1-31(2)17-26(34)32-12-13-33-25-15-18(29(35)36)8-10-23(25)27(22-6-4-5-7-24(22)30)28(33)21-11-9-20(37-3)14-19(21)16-32/h8-11,14-15,22,24H,4-7,12-13,16-17H2,1-3H3,(H,35,36)/t22-,24-/m0/s1. The molecule has 0 bridgehead atoms. The maximum atomic E-state index is 15.5. The average molecular weight is 508 g/mol. The van der Waals surface area contributed by atoms with Crippen molar-refractivity contribution in [2.75, 3.05) is 34.3 Å². The molecule has 0 radical (unpaired) electrons. The lowest BCUT2D eigenvalue weighted by atomic mass is 9.80. The zero-order valence-corrected chi connectivity index (χ0v) is 21.7. The second-order valence-electron chi connectivity index (χ2n) is 10.4. The summed E-state index contributed by atoms with van der Waals surface area (Å²) in [5.41, 5.74) is 4.72. The Morgan fingerprint density at radius 2 is 1.89 bits per heavy atom. The van der Waals surface area contributed by atoms with Crippen LogP contribution in [-0.2, 0) is 17.9 Å². The summed E-state index contributed by atoms with van der Waals surface area (Å²) < 4.78 is 23.1. The van der Waals surface area contributed by atoms with Crippen LogP contribution in [0, 0.1) is 0 Å². The Morgan fingerprint density at radius 3 is 2.59 bits per heavy atom. The number of hydrogen-bond donors (Lipinski definition) is 1. The van der Waals surface area contributed by atoms with Crippen molar-refractivity contribution in [3.8, 4) is 17.0 Å². The maximum Gasteiger partial charge on any atom is 0.335 e. The fraction of sp³-hybridized carbons (Fsp3) is 0.448. The number of amides is 1. The maximum absolute atomic E-state index is 15.5. The quantitative estimate of drug-likeness (QED) is 0.531. The highest BCUT2D eigenvalue weighted by Crippen LogP contribution is 2.47. The molecule has 0 saturated heterocycles. The number of alkyl halides is 1. The number of methoxy groups -OCH3 is 1. The smallest absolute Gasteiger partial charge is 0.335 e. The minimum Gasteiger partial charge on any atom is -0.497 e. The van der Waals surface area contributed by atoms with Crippen LogP contribution in [0.5, 0.6) is 5.75 Å². The van der Waals surface area contributed by atoms with Crippen molar-refractivity contribution < 1.29 is 23.8 Å². The summed E-state index contributed by atoms with van der Waals surface area (Å²) in [5.74, 6) is -0.554. The Kier molecular flexibility index (Phi) is 6.94. The van der Waals surface area contributed by atoms with Gasteiger partial charge in [0.25, 0.3) is 0 Å². The molecule has 1 fully saturated rings. The van der Waals surface area contributed by atoms with Crippen LogP contribution in [0.1, 0.15) is 53.1 Å². The van der Waals surface area contributed by atoms with Gasteiger partial charge in [0.15, 0.2) is 0 Å². The Balaban J connectivity index is 1.77. The summed E-state index contributed by atoms with van der Waals surface area (Å²) in [6.07, 6.45) is 2.19. The number of carbonyl (C=O) groups is 2. The molecule has 0 unspecified atom stereocenters. The molecule has 3 aromatic rings. The van der Waals surface area contributed by atoms with E-state index in [0.29, 0.717) is 38.3 Å². The SMILES string of the molecule is COc1ccc2c(c1)CN(C(=O)CN(C)C)CCn1c-2c([C@H]2CCCC[C@@H]2F)c2ccc(C(=O)O)cc21. The largest absolute Gasteiger partial charge is 0.497 e. The first kappa shape index (κ1) is 25.3. The number of fused-ring (bicyclic) bond motifs is 5. The van der Waals surface area contributed by atoms with E-state index in [4.69, 9.17) is 4.74 Å². The van der Waals surface area contributed by atoms with Gasteiger partial charge >= 0.3 is 5.97 Å². The molecule has 1 N–H and O–H groups in total. The van der Waals surface area contributed by atoms with E-state index in [1.165, 1.54) is 0 Å². The van der Waals surface area contributed by atoms with Crippen molar-refractivity contribution in [3.63, 3.8) is 0 Å². The van der Waals surface area contributed by atoms with Crippen LogP contribution in [0.3, 0.4) is 0 Å². The van der Waals surface area contributed by atoms with Crippen molar-refractivity contribution in [2.45, 2.75) is 50.9 Å². The third-order valence-corrected chi connectivity index (χ3v) is 7.73. The van der Waals surface area contributed by atoms with Crippen LogP contribution in [0.2, 0.25) is 0 Å². The predicted molar refractivity (Wildman–Crippen MR) is 141 cm³/mol. The number of halogens is 1.